The van der Waals surface area contributed by atoms with E-state index in [1.807, 2.05) is 12.1 Å². The summed E-state index contributed by atoms with van der Waals surface area (Å²) in [7, 11) is -2.42. The van der Waals surface area contributed by atoms with E-state index in [-0.39, 0.29) is 18.0 Å². The standard InChI is InChI=1S/C17H19N3O5S/c1-20(26(22,23)14-5-3-7-18-11-14)12-16(21)19-10-13-4-2-6-15-17(13)25-9-8-24-15/h2-7,11H,8-10,12H2,1H3,(H,19,21). The molecule has 1 amide bonds. The molecule has 9 heteroatoms. The van der Waals surface area contributed by atoms with Gasteiger partial charge in [-0.2, -0.15) is 4.31 Å². The molecule has 1 aliphatic heterocycles. The number of pyridine rings is 1. The van der Waals surface area contributed by atoms with Gasteiger partial charge in [-0.3, -0.25) is 9.78 Å². The Kier molecular flexibility index (Phi) is 5.38. The third kappa shape index (κ3) is 3.94. The first-order valence-corrected chi connectivity index (χ1v) is 9.43. The van der Waals surface area contributed by atoms with Gasteiger partial charge in [0, 0.05) is 31.5 Å². The van der Waals surface area contributed by atoms with Crippen LogP contribution in [-0.2, 0) is 21.4 Å². The number of aromatic nitrogens is 1. The van der Waals surface area contributed by atoms with Crippen molar-refractivity contribution in [3.05, 3.63) is 48.3 Å². The Bertz CT molecular complexity index is 887. The van der Waals surface area contributed by atoms with Crippen LogP contribution >= 0.6 is 0 Å². The number of hydrogen-bond acceptors (Lipinski definition) is 6. The molecule has 0 saturated heterocycles. The summed E-state index contributed by atoms with van der Waals surface area (Å²) < 4.78 is 36.9. The highest BCUT2D eigenvalue weighted by molar-refractivity contribution is 7.89. The molecule has 0 aliphatic carbocycles. The second-order valence-corrected chi connectivity index (χ2v) is 7.71. The van der Waals surface area contributed by atoms with E-state index in [2.05, 4.69) is 10.3 Å². The Morgan fingerprint density at radius 3 is 2.81 bits per heavy atom. The highest BCUT2D eigenvalue weighted by Gasteiger charge is 2.23. The van der Waals surface area contributed by atoms with Crippen LogP contribution in [0.1, 0.15) is 5.56 Å². The highest BCUT2D eigenvalue weighted by Crippen LogP contribution is 2.33. The SMILES string of the molecule is CN(CC(=O)NCc1cccc2c1OCCO2)S(=O)(=O)c1cccnc1. The van der Waals surface area contributed by atoms with E-state index >= 15 is 0 Å². The van der Waals surface area contributed by atoms with Gasteiger partial charge in [-0.1, -0.05) is 12.1 Å². The van der Waals surface area contributed by atoms with Crippen LogP contribution in [0.3, 0.4) is 0 Å². The molecule has 138 valence electrons. The van der Waals surface area contributed by atoms with Crippen LogP contribution in [-0.4, -0.2) is 50.4 Å². The first-order valence-electron chi connectivity index (χ1n) is 7.99. The smallest absolute Gasteiger partial charge is 0.244 e. The van der Waals surface area contributed by atoms with E-state index in [0.717, 1.165) is 9.87 Å². The van der Waals surface area contributed by atoms with Gasteiger partial charge in [0.25, 0.3) is 0 Å². The van der Waals surface area contributed by atoms with E-state index in [1.165, 1.54) is 31.6 Å². The van der Waals surface area contributed by atoms with Crippen molar-refractivity contribution in [1.29, 1.82) is 0 Å². The quantitative estimate of drug-likeness (QED) is 0.799. The number of sulfonamides is 1. The average molecular weight is 377 g/mol. The Hall–Kier alpha value is -2.65. The number of nitrogens with zero attached hydrogens (tertiary/aromatic N) is 2. The monoisotopic (exact) mass is 377 g/mol. The van der Waals surface area contributed by atoms with Gasteiger partial charge in [0.15, 0.2) is 11.5 Å². The maximum atomic E-state index is 12.4. The fourth-order valence-corrected chi connectivity index (χ4v) is 3.58. The number of likely N-dealkylation sites (N-methyl/N-ethyl adjacent to an activating group) is 1. The number of ether oxygens (including phenoxy) is 2. The number of para-hydroxylation sites is 1. The average Bonchev–Trinajstić information content (AvgIpc) is 2.67. The van der Waals surface area contributed by atoms with E-state index in [9.17, 15) is 13.2 Å². The van der Waals surface area contributed by atoms with E-state index in [1.54, 1.807) is 6.07 Å². The second kappa shape index (κ2) is 7.71. The molecule has 1 aromatic carbocycles. The predicted octanol–water partition coefficient (Wildman–Crippen LogP) is 0.790. The Morgan fingerprint density at radius 2 is 2.04 bits per heavy atom. The third-order valence-electron chi connectivity index (χ3n) is 3.83. The molecule has 0 fully saturated rings. The molecule has 1 aromatic heterocycles. The normalized spacial score (nSPS) is 13.5. The molecule has 0 saturated carbocycles. The summed E-state index contributed by atoms with van der Waals surface area (Å²) in [5, 5.41) is 2.71. The number of amides is 1. The Balaban J connectivity index is 1.61. The zero-order valence-corrected chi connectivity index (χ0v) is 15.0. The minimum atomic E-state index is -3.77. The summed E-state index contributed by atoms with van der Waals surface area (Å²) in [6.07, 6.45) is 2.73. The summed E-state index contributed by atoms with van der Waals surface area (Å²) in [6, 6.07) is 8.40. The summed E-state index contributed by atoms with van der Waals surface area (Å²) in [5.41, 5.74) is 0.772. The fraction of sp³-hybridized carbons (Fsp3) is 0.294. The lowest BCUT2D eigenvalue weighted by Crippen LogP contribution is -2.38. The van der Waals surface area contributed by atoms with Crippen molar-refractivity contribution in [2.75, 3.05) is 26.8 Å². The van der Waals surface area contributed by atoms with Crippen LogP contribution in [0.4, 0.5) is 0 Å². The number of benzene rings is 1. The van der Waals surface area contributed by atoms with Crippen LogP contribution < -0.4 is 14.8 Å². The van der Waals surface area contributed by atoms with Crippen LogP contribution in [0.25, 0.3) is 0 Å². The molecule has 26 heavy (non-hydrogen) atoms. The number of fused-ring (bicyclic) bond motifs is 1. The number of carbonyl (C=O) groups is 1. The first-order chi connectivity index (χ1) is 12.5. The van der Waals surface area contributed by atoms with Crippen molar-refractivity contribution < 1.29 is 22.7 Å². The van der Waals surface area contributed by atoms with Gasteiger partial charge in [0.2, 0.25) is 15.9 Å². The molecule has 0 spiro atoms. The molecular weight excluding hydrogens is 358 g/mol. The van der Waals surface area contributed by atoms with Crippen molar-refractivity contribution >= 4 is 15.9 Å². The topological polar surface area (TPSA) is 97.8 Å². The van der Waals surface area contributed by atoms with E-state index < -0.39 is 15.9 Å². The number of carbonyl (C=O) groups excluding carboxylic acids is 1. The molecular formula is C17H19N3O5S. The molecule has 0 radical (unpaired) electrons. The minimum absolute atomic E-state index is 0.0398. The number of rotatable bonds is 6. The number of hydrogen-bond donors (Lipinski definition) is 1. The summed E-state index contributed by atoms with van der Waals surface area (Å²) in [6.45, 7) is 0.847. The van der Waals surface area contributed by atoms with Gasteiger partial charge in [-0.05, 0) is 18.2 Å². The minimum Gasteiger partial charge on any atom is -0.486 e. The maximum absolute atomic E-state index is 12.4. The lowest BCUT2D eigenvalue weighted by Gasteiger charge is -2.21. The number of nitrogens with one attached hydrogen (secondary N) is 1. The summed E-state index contributed by atoms with van der Waals surface area (Å²) >= 11 is 0. The van der Waals surface area contributed by atoms with Crippen molar-refractivity contribution in [3.63, 3.8) is 0 Å². The van der Waals surface area contributed by atoms with E-state index in [4.69, 9.17) is 9.47 Å². The molecule has 2 heterocycles. The van der Waals surface area contributed by atoms with Gasteiger partial charge in [-0.15, -0.1) is 0 Å². The zero-order chi connectivity index (χ0) is 18.6. The molecule has 0 atom stereocenters. The Labute approximate surface area is 151 Å². The lowest BCUT2D eigenvalue weighted by atomic mass is 10.1. The van der Waals surface area contributed by atoms with E-state index in [0.29, 0.717) is 24.7 Å². The van der Waals surface area contributed by atoms with Gasteiger partial charge in [0.05, 0.1) is 6.54 Å². The molecule has 0 unspecified atom stereocenters. The summed E-state index contributed by atoms with van der Waals surface area (Å²) in [5.74, 6) is 0.823. The lowest BCUT2D eigenvalue weighted by molar-refractivity contribution is -0.121. The highest BCUT2D eigenvalue weighted by atomic mass is 32.2. The van der Waals surface area contributed by atoms with Crippen molar-refractivity contribution in [2.45, 2.75) is 11.4 Å². The second-order valence-electron chi connectivity index (χ2n) is 5.67. The van der Waals surface area contributed by atoms with Crippen molar-refractivity contribution in [3.8, 4) is 11.5 Å². The predicted molar refractivity (Wildman–Crippen MR) is 93.3 cm³/mol. The van der Waals surface area contributed by atoms with Gasteiger partial charge < -0.3 is 14.8 Å². The van der Waals surface area contributed by atoms with Gasteiger partial charge in [0.1, 0.15) is 18.1 Å². The maximum Gasteiger partial charge on any atom is 0.244 e. The molecule has 3 rings (SSSR count). The largest absolute Gasteiger partial charge is 0.486 e. The third-order valence-corrected chi connectivity index (χ3v) is 5.62. The molecule has 2 aromatic rings. The van der Waals surface area contributed by atoms with Gasteiger partial charge >= 0.3 is 0 Å². The zero-order valence-electron chi connectivity index (χ0n) is 14.2. The first kappa shape index (κ1) is 18.2. The van der Waals surface area contributed by atoms with Crippen molar-refractivity contribution in [1.82, 2.24) is 14.6 Å². The fourth-order valence-electron chi connectivity index (χ4n) is 2.49. The molecule has 1 aliphatic rings. The summed E-state index contributed by atoms with van der Waals surface area (Å²) in [4.78, 5) is 16.0. The molecule has 1 N–H and O–H groups in total. The van der Waals surface area contributed by atoms with Crippen LogP contribution in [0.5, 0.6) is 11.5 Å². The van der Waals surface area contributed by atoms with Crippen LogP contribution in [0.15, 0.2) is 47.6 Å². The molecule has 0 bridgehead atoms. The Morgan fingerprint density at radius 1 is 1.23 bits per heavy atom. The molecule has 8 nitrogen and oxygen atoms in total. The van der Waals surface area contributed by atoms with Crippen molar-refractivity contribution in [2.24, 2.45) is 0 Å². The van der Waals surface area contributed by atoms with Crippen LogP contribution in [0, 0.1) is 0 Å². The van der Waals surface area contributed by atoms with Crippen LogP contribution in [0.2, 0.25) is 0 Å². The van der Waals surface area contributed by atoms with Gasteiger partial charge in [-0.25, -0.2) is 8.42 Å².